The molecule has 0 unspecified atom stereocenters. The van der Waals surface area contributed by atoms with Crippen molar-refractivity contribution in [1.82, 2.24) is 5.32 Å². The van der Waals surface area contributed by atoms with E-state index in [4.69, 9.17) is 5.14 Å². The van der Waals surface area contributed by atoms with Crippen LogP contribution in [-0.4, -0.2) is 14.3 Å². The number of hydrogen-bond donors (Lipinski definition) is 2. The zero-order valence-electron chi connectivity index (χ0n) is 12.2. The minimum Gasteiger partial charge on any atom is -0.352 e. The lowest BCUT2D eigenvalue weighted by atomic mass is 10.1. The van der Waals surface area contributed by atoms with Crippen molar-refractivity contribution in [3.63, 3.8) is 0 Å². The van der Waals surface area contributed by atoms with E-state index in [9.17, 15) is 13.2 Å². The Balaban J connectivity index is 1.89. The molecule has 0 radical (unpaired) electrons. The van der Waals surface area contributed by atoms with Crippen LogP contribution in [0.25, 0.3) is 0 Å². The molecule has 0 saturated heterocycles. The summed E-state index contributed by atoms with van der Waals surface area (Å²) in [6.45, 7) is 2.34. The fourth-order valence-electron chi connectivity index (χ4n) is 1.95. The Morgan fingerprint density at radius 1 is 1.00 bits per heavy atom. The molecule has 0 atom stereocenters. The van der Waals surface area contributed by atoms with Crippen LogP contribution in [0.5, 0.6) is 0 Å². The molecule has 22 heavy (non-hydrogen) atoms. The van der Waals surface area contributed by atoms with Gasteiger partial charge >= 0.3 is 0 Å². The zero-order chi connectivity index (χ0) is 16.2. The first-order valence-electron chi connectivity index (χ1n) is 6.78. The summed E-state index contributed by atoms with van der Waals surface area (Å²) in [6, 6.07) is 13.9. The highest BCUT2D eigenvalue weighted by Crippen LogP contribution is 2.09. The van der Waals surface area contributed by atoms with Gasteiger partial charge in [0.15, 0.2) is 0 Å². The number of primary sulfonamides is 1. The lowest BCUT2D eigenvalue weighted by Gasteiger charge is -2.06. The van der Waals surface area contributed by atoms with E-state index in [1.54, 1.807) is 12.1 Å². The Labute approximate surface area is 130 Å². The topological polar surface area (TPSA) is 89.3 Å². The molecule has 0 aliphatic rings. The minimum atomic E-state index is -3.68. The lowest BCUT2D eigenvalue weighted by Crippen LogP contribution is -2.24. The van der Waals surface area contributed by atoms with E-state index < -0.39 is 10.0 Å². The molecule has 0 heterocycles. The lowest BCUT2D eigenvalue weighted by molar-refractivity contribution is -0.120. The molecule has 0 bridgehead atoms. The number of benzene rings is 2. The summed E-state index contributed by atoms with van der Waals surface area (Å²) in [7, 11) is -3.68. The minimum absolute atomic E-state index is 0.0576. The number of sulfonamides is 1. The first-order chi connectivity index (χ1) is 10.3. The molecule has 2 aromatic carbocycles. The number of carbonyl (C=O) groups excluding carboxylic acids is 1. The van der Waals surface area contributed by atoms with Crippen molar-refractivity contribution in [2.75, 3.05) is 0 Å². The highest BCUT2D eigenvalue weighted by Gasteiger charge is 2.07. The highest BCUT2D eigenvalue weighted by molar-refractivity contribution is 7.89. The van der Waals surface area contributed by atoms with Gasteiger partial charge in [-0.1, -0.05) is 42.0 Å². The molecular weight excluding hydrogens is 300 g/mol. The van der Waals surface area contributed by atoms with Gasteiger partial charge in [0.25, 0.3) is 0 Å². The molecule has 3 N–H and O–H groups in total. The molecular formula is C16H18N2O3S. The number of hydrogen-bond acceptors (Lipinski definition) is 3. The van der Waals surface area contributed by atoms with Crippen molar-refractivity contribution >= 4 is 15.9 Å². The van der Waals surface area contributed by atoms with Crippen LogP contribution in [-0.2, 0) is 27.8 Å². The van der Waals surface area contributed by atoms with Crippen LogP contribution in [0.4, 0.5) is 0 Å². The molecule has 0 saturated carbocycles. The maximum absolute atomic E-state index is 11.9. The van der Waals surface area contributed by atoms with Crippen LogP contribution in [0, 0.1) is 6.92 Å². The number of carbonyl (C=O) groups is 1. The molecule has 0 aromatic heterocycles. The van der Waals surface area contributed by atoms with Gasteiger partial charge in [-0.05, 0) is 30.2 Å². The van der Waals surface area contributed by atoms with E-state index in [2.05, 4.69) is 5.32 Å². The molecule has 2 rings (SSSR count). The van der Waals surface area contributed by atoms with Gasteiger partial charge in [-0.3, -0.25) is 4.79 Å². The monoisotopic (exact) mass is 318 g/mol. The van der Waals surface area contributed by atoms with E-state index in [1.807, 2.05) is 31.2 Å². The third kappa shape index (κ3) is 4.68. The van der Waals surface area contributed by atoms with Crippen molar-refractivity contribution in [3.8, 4) is 0 Å². The fraction of sp³-hybridized carbons (Fsp3) is 0.188. The Bertz CT molecular complexity index is 751. The van der Waals surface area contributed by atoms with Gasteiger partial charge in [-0.15, -0.1) is 0 Å². The van der Waals surface area contributed by atoms with Gasteiger partial charge in [0.2, 0.25) is 15.9 Å². The Hall–Kier alpha value is -2.18. The second-order valence-electron chi connectivity index (χ2n) is 5.13. The van der Waals surface area contributed by atoms with Gasteiger partial charge in [-0.25, -0.2) is 13.6 Å². The molecule has 2 aromatic rings. The Kier molecular flexibility index (Phi) is 4.95. The molecule has 5 nitrogen and oxygen atoms in total. The van der Waals surface area contributed by atoms with Gasteiger partial charge in [0.1, 0.15) is 0 Å². The maximum Gasteiger partial charge on any atom is 0.238 e. The molecule has 0 spiro atoms. The standard InChI is InChI=1S/C16H18N2O3S/c1-12-2-4-13(5-3-12)10-16(19)18-11-14-6-8-15(9-7-14)22(17,20)21/h2-9H,10-11H2,1H3,(H,18,19)(H2,17,20,21). The first kappa shape index (κ1) is 16.2. The Morgan fingerprint density at radius 3 is 2.09 bits per heavy atom. The first-order valence-corrected chi connectivity index (χ1v) is 8.33. The van der Waals surface area contributed by atoms with E-state index in [-0.39, 0.29) is 10.8 Å². The van der Waals surface area contributed by atoms with Crippen molar-refractivity contribution < 1.29 is 13.2 Å². The van der Waals surface area contributed by atoms with Crippen molar-refractivity contribution in [1.29, 1.82) is 0 Å². The largest absolute Gasteiger partial charge is 0.352 e. The van der Waals surface area contributed by atoms with Crippen molar-refractivity contribution in [2.45, 2.75) is 24.8 Å². The van der Waals surface area contributed by atoms with Gasteiger partial charge < -0.3 is 5.32 Å². The smallest absolute Gasteiger partial charge is 0.238 e. The predicted molar refractivity (Wildman–Crippen MR) is 84.5 cm³/mol. The summed E-state index contributed by atoms with van der Waals surface area (Å²) >= 11 is 0. The predicted octanol–water partition coefficient (Wildman–Crippen LogP) is 1.50. The average molecular weight is 318 g/mol. The summed E-state index contributed by atoms with van der Waals surface area (Å²) in [5.41, 5.74) is 2.91. The highest BCUT2D eigenvalue weighted by atomic mass is 32.2. The van der Waals surface area contributed by atoms with E-state index in [0.29, 0.717) is 13.0 Å². The molecule has 6 heteroatoms. The third-order valence-corrected chi connectivity index (χ3v) is 4.16. The summed E-state index contributed by atoms with van der Waals surface area (Å²) in [6.07, 6.45) is 0.315. The van der Waals surface area contributed by atoms with Gasteiger partial charge in [0, 0.05) is 6.54 Å². The zero-order valence-corrected chi connectivity index (χ0v) is 13.1. The van der Waals surface area contributed by atoms with Crippen molar-refractivity contribution in [2.24, 2.45) is 5.14 Å². The third-order valence-electron chi connectivity index (χ3n) is 3.23. The molecule has 116 valence electrons. The number of nitrogens with two attached hydrogens (primary N) is 1. The van der Waals surface area contributed by atoms with E-state index in [1.165, 1.54) is 12.1 Å². The second-order valence-corrected chi connectivity index (χ2v) is 6.69. The fourth-order valence-corrected chi connectivity index (χ4v) is 2.47. The summed E-state index contributed by atoms with van der Waals surface area (Å²) in [5, 5.41) is 7.83. The van der Waals surface area contributed by atoms with E-state index >= 15 is 0 Å². The maximum atomic E-state index is 11.9. The van der Waals surface area contributed by atoms with Crippen LogP contribution in [0.3, 0.4) is 0 Å². The molecule has 0 fully saturated rings. The number of nitrogens with one attached hydrogen (secondary N) is 1. The molecule has 0 aliphatic heterocycles. The molecule has 0 aliphatic carbocycles. The summed E-state index contributed by atoms with van der Waals surface area (Å²) < 4.78 is 22.3. The van der Waals surface area contributed by atoms with Crippen LogP contribution < -0.4 is 10.5 Å². The van der Waals surface area contributed by atoms with Crippen LogP contribution in [0.2, 0.25) is 0 Å². The number of rotatable bonds is 5. The van der Waals surface area contributed by atoms with Crippen molar-refractivity contribution in [3.05, 3.63) is 65.2 Å². The van der Waals surface area contributed by atoms with Gasteiger partial charge in [0.05, 0.1) is 11.3 Å². The normalized spacial score (nSPS) is 11.2. The average Bonchev–Trinajstić information content (AvgIpc) is 2.47. The SMILES string of the molecule is Cc1ccc(CC(=O)NCc2ccc(S(N)(=O)=O)cc2)cc1. The Morgan fingerprint density at radius 2 is 1.55 bits per heavy atom. The number of amides is 1. The summed E-state index contributed by atoms with van der Waals surface area (Å²) in [4.78, 5) is 11.9. The van der Waals surface area contributed by atoms with Crippen LogP contribution in [0.1, 0.15) is 16.7 Å². The quantitative estimate of drug-likeness (QED) is 0.875. The van der Waals surface area contributed by atoms with E-state index in [0.717, 1.165) is 16.7 Å². The van der Waals surface area contributed by atoms with Crippen LogP contribution in [0.15, 0.2) is 53.4 Å². The number of aryl methyl sites for hydroxylation is 1. The van der Waals surface area contributed by atoms with Gasteiger partial charge in [-0.2, -0.15) is 0 Å². The second kappa shape index (κ2) is 6.72. The van der Waals surface area contributed by atoms with Crippen LogP contribution >= 0.6 is 0 Å². The summed E-state index contributed by atoms with van der Waals surface area (Å²) in [5.74, 6) is -0.0839. The molecule has 1 amide bonds.